The minimum atomic E-state index is -0.0684. The van der Waals surface area contributed by atoms with Crippen molar-refractivity contribution in [2.24, 2.45) is 0 Å². The molecular weight excluding hydrogens is 332 g/mol. The van der Waals surface area contributed by atoms with Crippen LogP contribution in [-0.4, -0.2) is 20.4 Å². The first-order chi connectivity index (χ1) is 12.3. The Morgan fingerprint density at radius 3 is 2.64 bits per heavy atom. The first-order valence-electron chi connectivity index (χ1n) is 7.89. The summed E-state index contributed by atoms with van der Waals surface area (Å²) in [6, 6.07) is 15.8. The molecule has 0 spiro atoms. The van der Waals surface area contributed by atoms with E-state index in [1.165, 1.54) is 11.3 Å². The molecule has 0 saturated carbocycles. The van der Waals surface area contributed by atoms with Crippen molar-refractivity contribution in [3.63, 3.8) is 0 Å². The van der Waals surface area contributed by atoms with E-state index < -0.39 is 0 Å². The Labute approximate surface area is 149 Å². The lowest BCUT2D eigenvalue weighted by atomic mass is 10.1. The number of H-pyrrole nitrogens is 1. The van der Waals surface area contributed by atoms with Crippen LogP contribution >= 0.6 is 11.3 Å². The van der Waals surface area contributed by atoms with Crippen LogP contribution in [0.15, 0.2) is 72.5 Å². The number of anilines is 1. The topological polar surface area (TPSA) is 62.7 Å². The van der Waals surface area contributed by atoms with Gasteiger partial charge in [0.25, 0.3) is 0 Å². The lowest BCUT2D eigenvalue weighted by molar-refractivity contribution is -0.115. The molecule has 0 saturated heterocycles. The third kappa shape index (κ3) is 3.54. The van der Waals surface area contributed by atoms with Crippen LogP contribution in [0, 0.1) is 0 Å². The van der Waals surface area contributed by atoms with E-state index in [4.69, 9.17) is 0 Å². The van der Waals surface area contributed by atoms with E-state index in [0.29, 0.717) is 11.6 Å². The van der Waals surface area contributed by atoms with Crippen LogP contribution in [-0.2, 0) is 11.2 Å². The Hall–Kier alpha value is -3.12. The minimum absolute atomic E-state index is 0.0684. The number of carbonyl (C=O) groups excluding carboxylic acids is 1. The van der Waals surface area contributed by atoms with E-state index in [0.717, 1.165) is 22.6 Å². The molecular formula is C19H16N4OS. The maximum atomic E-state index is 12.2. The highest BCUT2D eigenvalue weighted by atomic mass is 32.1. The van der Waals surface area contributed by atoms with Crippen LogP contribution < -0.4 is 5.32 Å². The fourth-order valence-corrected chi connectivity index (χ4v) is 3.31. The van der Waals surface area contributed by atoms with Crippen LogP contribution in [0.1, 0.15) is 5.56 Å². The van der Waals surface area contributed by atoms with Gasteiger partial charge in [-0.3, -0.25) is 4.79 Å². The third-order valence-electron chi connectivity index (χ3n) is 3.83. The van der Waals surface area contributed by atoms with E-state index in [2.05, 4.69) is 15.3 Å². The fourth-order valence-electron chi connectivity index (χ4n) is 2.59. The van der Waals surface area contributed by atoms with E-state index in [9.17, 15) is 4.79 Å². The summed E-state index contributed by atoms with van der Waals surface area (Å²) in [6.45, 7) is 0. The molecule has 2 N–H and O–H groups in total. The summed E-state index contributed by atoms with van der Waals surface area (Å²) in [4.78, 5) is 19.8. The summed E-state index contributed by atoms with van der Waals surface area (Å²) in [5.41, 5.74) is 3.82. The van der Waals surface area contributed by atoms with Crippen LogP contribution in [0.3, 0.4) is 0 Å². The number of nitrogens with one attached hydrogen (secondary N) is 2. The number of carbonyl (C=O) groups is 1. The number of aromatic nitrogens is 3. The van der Waals surface area contributed by atoms with Crippen LogP contribution in [0.4, 0.5) is 5.13 Å². The molecule has 0 aliphatic rings. The Morgan fingerprint density at radius 2 is 1.92 bits per heavy atom. The molecule has 0 aliphatic carbocycles. The highest BCUT2D eigenvalue weighted by Gasteiger charge is 2.09. The summed E-state index contributed by atoms with van der Waals surface area (Å²) < 4.78 is 2.03. The SMILES string of the molecule is O=C(Cc1ccc(-n2cccc2)cc1)Nc1nc(-c2ccc[nH]2)cs1. The predicted molar refractivity (Wildman–Crippen MR) is 100 cm³/mol. The molecule has 4 rings (SSSR count). The van der Waals surface area contributed by atoms with Gasteiger partial charge in [-0.25, -0.2) is 4.98 Å². The van der Waals surface area contributed by atoms with Gasteiger partial charge < -0.3 is 14.9 Å². The molecule has 1 aromatic carbocycles. The van der Waals surface area contributed by atoms with Gasteiger partial charge >= 0.3 is 0 Å². The molecule has 0 bridgehead atoms. The lowest BCUT2D eigenvalue weighted by Gasteiger charge is -2.05. The first kappa shape index (κ1) is 15.4. The van der Waals surface area contributed by atoms with Crippen molar-refractivity contribution < 1.29 is 4.79 Å². The zero-order chi connectivity index (χ0) is 17.1. The monoisotopic (exact) mass is 348 g/mol. The predicted octanol–water partition coefficient (Wildman–Crippen LogP) is 4.11. The minimum Gasteiger partial charge on any atom is -0.360 e. The van der Waals surface area contributed by atoms with Crippen molar-refractivity contribution in [3.8, 4) is 17.1 Å². The van der Waals surface area contributed by atoms with Gasteiger partial charge in [0.2, 0.25) is 5.91 Å². The highest BCUT2D eigenvalue weighted by molar-refractivity contribution is 7.14. The van der Waals surface area contributed by atoms with Crippen LogP contribution in [0.25, 0.3) is 17.1 Å². The molecule has 5 nitrogen and oxygen atoms in total. The molecule has 25 heavy (non-hydrogen) atoms. The number of benzene rings is 1. The summed E-state index contributed by atoms with van der Waals surface area (Å²) >= 11 is 1.42. The average molecular weight is 348 g/mol. The summed E-state index contributed by atoms with van der Waals surface area (Å²) in [5.74, 6) is -0.0684. The lowest BCUT2D eigenvalue weighted by Crippen LogP contribution is -2.14. The van der Waals surface area contributed by atoms with Gasteiger partial charge in [-0.15, -0.1) is 11.3 Å². The van der Waals surface area contributed by atoms with Crippen molar-refractivity contribution in [1.29, 1.82) is 0 Å². The molecule has 0 unspecified atom stereocenters. The van der Waals surface area contributed by atoms with Crippen molar-refractivity contribution in [2.45, 2.75) is 6.42 Å². The normalized spacial score (nSPS) is 10.7. The maximum Gasteiger partial charge on any atom is 0.230 e. The van der Waals surface area contributed by atoms with E-state index in [1.54, 1.807) is 0 Å². The number of thiazole rings is 1. The maximum absolute atomic E-state index is 12.2. The highest BCUT2D eigenvalue weighted by Crippen LogP contribution is 2.23. The second-order valence-electron chi connectivity index (χ2n) is 5.60. The number of amides is 1. The number of hydrogen-bond acceptors (Lipinski definition) is 3. The number of rotatable bonds is 5. The zero-order valence-electron chi connectivity index (χ0n) is 13.3. The quantitative estimate of drug-likeness (QED) is 0.570. The van der Waals surface area contributed by atoms with Crippen molar-refractivity contribution in [2.75, 3.05) is 5.32 Å². The molecule has 0 aliphatic heterocycles. The van der Waals surface area contributed by atoms with Crippen molar-refractivity contribution in [3.05, 3.63) is 78.1 Å². The van der Waals surface area contributed by atoms with E-state index in [1.807, 2.05) is 77.1 Å². The summed E-state index contributed by atoms with van der Waals surface area (Å²) in [7, 11) is 0. The second-order valence-corrected chi connectivity index (χ2v) is 6.46. The number of nitrogens with zero attached hydrogens (tertiary/aromatic N) is 2. The van der Waals surface area contributed by atoms with Gasteiger partial charge in [0.05, 0.1) is 17.8 Å². The summed E-state index contributed by atoms with van der Waals surface area (Å²) in [6.07, 6.45) is 6.16. The van der Waals surface area contributed by atoms with Gasteiger partial charge in [-0.05, 0) is 42.0 Å². The van der Waals surface area contributed by atoms with E-state index >= 15 is 0 Å². The fraction of sp³-hybridized carbons (Fsp3) is 0.0526. The first-order valence-corrected chi connectivity index (χ1v) is 8.77. The van der Waals surface area contributed by atoms with Gasteiger partial charge in [0.1, 0.15) is 0 Å². The molecule has 3 aromatic heterocycles. The summed E-state index contributed by atoms with van der Waals surface area (Å²) in [5, 5.41) is 5.40. The standard InChI is InChI=1S/C19H16N4OS/c24-18(22-19-21-17(13-25-19)16-4-3-9-20-16)12-14-5-7-15(8-6-14)23-10-1-2-11-23/h1-11,13,20H,12H2,(H,21,22,24). The molecule has 3 heterocycles. The molecule has 6 heteroatoms. The van der Waals surface area contributed by atoms with Crippen LogP contribution in [0.5, 0.6) is 0 Å². The molecule has 4 aromatic rings. The van der Waals surface area contributed by atoms with Crippen molar-refractivity contribution >= 4 is 22.4 Å². The Balaban J connectivity index is 1.39. The van der Waals surface area contributed by atoms with Crippen molar-refractivity contribution in [1.82, 2.24) is 14.5 Å². The molecule has 0 atom stereocenters. The number of aromatic amines is 1. The largest absolute Gasteiger partial charge is 0.360 e. The second kappa shape index (κ2) is 6.78. The van der Waals surface area contributed by atoms with Gasteiger partial charge in [-0.1, -0.05) is 12.1 Å². The smallest absolute Gasteiger partial charge is 0.230 e. The zero-order valence-corrected chi connectivity index (χ0v) is 14.2. The Morgan fingerprint density at radius 1 is 1.12 bits per heavy atom. The third-order valence-corrected chi connectivity index (χ3v) is 4.59. The molecule has 124 valence electrons. The molecule has 1 amide bonds. The van der Waals surface area contributed by atoms with E-state index in [-0.39, 0.29) is 5.91 Å². The van der Waals surface area contributed by atoms with Crippen LogP contribution in [0.2, 0.25) is 0 Å². The van der Waals surface area contributed by atoms with Gasteiger partial charge in [0.15, 0.2) is 5.13 Å². The molecule has 0 radical (unpaired) electrons. The Kier molecular flexibility index (Phi) is 4.18. The van der Waals surface area contributed by atoms with Gasteiger partial charge in [-0.2, -0.15) is 0 Å². The Bertz CT molecular complexity index is 953. The average Bonchev–Trinajstić information content (AvgIpc) is 3.37. The van der Waals surface area contributed by atoms with Gasteiger partial charge in [0, 0.05) is 29.7 Å². The number of hydrogen-bond donors (Lipinski definition) is 2. The molecule has 0 fully saturated rings.